The van der Waals surface area contributed by atoms with E-state index in [1.165, 1.54) is 12.3 Å². The van der Waals surface area contributed by atoms with Crippen LogP contribution in [-0.4, -0.2) is 51.1 Å². The highest BCUT2D eigenvalue weighted by Crippen LogP contribution is 2.34. The van der Waals surface area contributed by atoms with Gasteiger partial charge in [0.15, 0.2) is 20.8 Å². The van der Waals surface area contributed by atoms with E-state index in [9.17, 15) is 13.2 Å². The third-order valence-electron chi connectivity index (χ3n) is 5.42. The van der Waals surface area contributed by atoms with E-state index in [1.54, 1.807) is 18.2 Å². The molecule has 0 unspecified atom stereocenters. The Labute approximate surface area is 193 Å². The lowest BCUT2D eigenvalue weighted by Crippen LogP contribution is -2.29. The zero-order chi connectivity index (χ0) is 22.2. The van der Waals surface area contributed by atoms with Crippen molar-refractivity contribution in [2.24, 2.45) is 0 Å². The summed E-state index contributed by atoms with van der Waals surface area (Å²) in [5.74, 6) is 0.925. The quantitative estimate of drug-likeness (QED) is 0.475. The lowest BCUT2D eigenvalue weighted by molar-refractivity contribution is 0.238. The van der Waals surface area contributed by atoms with Gasteiger partial charge in [0.25, 0.3) is 0 Å². The normalized spacial score (nSPS) is 17.3. The van der Waals surface area contributed by atoms with Gasteiger partial charge in [-0.05, 0) is 43.3 Å². The van der Waals surface area contributed by atoms with E-state index in [0.29, 0.717) is 59.2 Å². The minimum atomic E-state index is -3.03. The van der Waals surface area contributed by atoms with Crippen molar-refractivity contribution in [1.82, 2.24) is 4.90 Å². The number of hydrogen-bond donors (Lipinski definition) is 0. The molecule has 0 bridgehead atoms. The van der Waals surface area contributed by atoms with E-state index in [-0.39, 0.29) is 10.7 Å². The number of para-hydroxylation sites is 1. The Balaban J connectivity index is 1.56. The Bertz CT molecular complexity index is 1290. The second-order valence-corrected chi connectivity index (χ2v) is 11.3. The number of hydrogen-bond acceptors (Lipinski definition) is 6. The molecule has 1 saturated heterocycles. The van der Waals surface area contributed by atoms with Crippen molar-refractivity contribution in [1.29, 1.82) is 0 Å². The summed E-state index contributed by atoms with van der Waals surface area (Å²) in [6.07, 6.45) is 1.93. The van der Waals surface area contributed by atoms with Crippen molar-refractivity contribution < 1.29 is 17.6 Å². The van der Waals surface area contributed by atoms with Crippen LogP contribution in [0.4, 0.5) is 0 Å². The summed E-state index contributed by atoms with van der Waals surface area (Å²) >= 11 is 9.69. The predicted octanol–water partition coefficient (Wildman–Crippen LogP) is 4.37. The monoisotopic (exact) mass is 525 g/mol. The average Bonchev–Trinajstić information content (AvgIpc) is 3.18. The molecule has 3 aromatic rings. The number of ether oxygens (including phenoxy) is 1. The fourth-order valence-corrected chi connectivity index (χ4v) is 5.30. The molecular weight excluding hydrogens is 506 g/mol. The Hall–Kier alpha value is -1.87. The van der Waals surface area contributed by atoms with Gasteiger partial charge in [0.05, 0.1) is 21.2 Å². The molecule has 0 radical (unpaired) electrons. The molecule has 1 aliphatic rings. The van der Waals surface area contributed by atoms with Crippen LogP contribution < -0.4 is 10.2 Å². The highest BCUT2D eigenvalue weighted by Gasteiger charge is 2.29. The van der Waals surface area contributed by atoms with Crippen LogP contribution in [0, 0.1) is 0 Å². The first-order valence-electron chi connectivity index (χ1n) is 9.79. The number of nitrogens with zero attached hydrogens (tertiary/aromatic N) is 1. The van der Waals surface area contributed by atoms with Crippen molar-refractivity contribution in [3.05, 3.63) is 62.2 Å². The summed E-state index contributed by atoms with van der Waals surface area (Å²) in [7, 11) is -3.03. The Morgan fingerprint density at radius 1 is 1.26 bits per heavy atom. The van der Waals surface area contributed by atoms with Gasteiger partial charge >= 0.3 is 0 Å². The molecule has 1 aromatic heterocycles. The van der Waals surface area contributed by atoms with Crippen molar-refractivity contribution in [2.75, 3.05) is 32.5 Å². The summed E-state index contributed by atoms with van der Waals surface area (Å²) in [6.45, 7) is 2.22. The van der Waals surface area contributed by atoms with Crippen LogP contribution in [0.3, 0.4) is 0 Å². The molecule has 31 heavy (non-hydrogen) atoms. The minimum Gasteiger partial charge on any atom is -0.491 e. The van der Waals surface area contributed by atoms with E-state index >= 15 is 0 Å². The van der Waals surface area contributed by atoms with Gasteiger partial charge in [0.2, 0.25) is 0 Å². The Morgan fingerprint density at radius 2 is 2.06 bits per heavy atom. The fourth-order valence-electron chi connectivity index (χ4n) is 3.73. The largest absolute Gasteiger partial charge is 0.491 e. The van der Waals surface area contributed by atoms with Crippen LogP contribution in [0.1, 0.15) is 6.42 Å². The van der Waals surface area contributed by atoms with Gasteiger partial charge in [0.1, 0.15) is 18.1 Å². The number of halogens is 2. The van der Waals surface area contributed by atoms with Gasteiger partial charge < -0.3 is 9.15 Å². The van der Waals surface area contributed by atoms with Crippen molar-refractivity contribution in [2.45, 2.75) is 11.7 Å². The van der Waals surface area contributed by atoms with Crippen molar-refractivity contribution in [3.63, 3.8) is 0 Å². The van der Waals surface area contributed by atoms with Crippen molar-refractivity contribution in [3.8, 4) is 17.1 Å². The number of benzene rings is 2. The first-order chi connectivity index (χ1) is 14.7. The van der Waals surface area contributed by atoms with Gasteiger partial charge in [-0.3, -0.25) is 9.69 Å². The van der Waals surface area contributed by atoms with Crippen LogP contribution in [0.15, 0.2) is 56.1 Å². The molecule has 1 atom stereocenters. The summed E-state index contributed by atoms with van der Waals surface area (Å²) < 4.78 is 36.3. The number of rotatable bonds is 6. The molecule has 9 heteroatoms. The summed E-state index contributed by atoms with van der Waals surface area (Å²) in [5, 5.41) is 0.473. The maximum Gasteiger partial charge on any atom is 0.193 e. The lowest BCUT2D eigenvalue weighted by Gasteiger charge is -2.17. The molecule has 0 N–H and O–H groups in total. The Morgan fingerprint density at radius 3 is 2.81 bits per heavy atom. The average molecular weight is 527 g/mol. The van der Waals surface area contributed by atoms with Crippen LogP contribution >= 0.6 is 27.5 Å². The fraction of sp³-hybridized carbons (Fsp3) is 0.318. The van der Waals surface area contributed by atoms with Crippen molar-refractivity contribution >= 4 is 48.3 Å². The van der Waals surface area contributed by atoms with E-state index in [4.69, 9.17) is 20.8 Å². The molecule has 6 nitrogen and oxygen atoms in total. The smallest absolute Gasteiger partial charge is 0.193 e. The zero-order valence-corrected chi connectivity index (χ0v) is 20.0. The first kappa shape index (κ1) is 22.3. The molecule has 1 aliphatic heterocycles. The van der Waals surface area contributed by atoms with Gasteiger partial charge in [-0.15, -0.1) is 0 Å². The molecule has 2 aromatic carbocycles. The maximum absolute atomic E-state index is 12.6. The minimum absolute atomic E-state index is 0.184. The molecule has 0 saturated carbocycles. The second kappa shape index (κ2) is 8.94. The number of likely N-dealkylation sites (tertiary alicyclic amines) is 1. The van der Waals surface area contributed by atoms with Crippen LogP contribution in [0.25, 0.3) is 22.3 Å². The summed E-state index contributed by atoms with van der Waals surface area (Å²) in [4.78, 5) is 14.7. The van der Waals surface area contributed by atoms with E-state index in [2.05, 4.69) is 20.8 Å². The van der Waals surface area contributed by atoms with Gasteiger partial charge in [0, 0.05) is 29.9 Å². The van der Waals surface area contributed by atoms with Crippen LogP contribution in [0.2, 0.25) is 5.02 Å². The van der Waals surface area contributed by atoms with E-state index in [0.717, 1.165) is 11.0 Å². The molecule has 164 valence electrons. The van der Waals surface area contributed by atoms with Crippen LogP contribution in [0.5, 0.6) is 5.75 Å². The van der Waals surface area contributed by atoms with Crippen LogP contribution in [-0.2, 0) is 9.84 Å². The highest BCUT2D eigenvalue weighted by atomic mass is 79.9. The highest BCUT2D eigenvalue weighted by molar-refractivity contribution is 9.10. The number of sulfone groups is 1. The van der Waals surface area contributed by atoms with E-state index in [1.807, 2.05) is 18.2 Å². The molecular formula is C22H21BrClNO5S. The topological polar surface area (TPSA) is 76.8 Å². The third kappa shape index (κ3) is 4.98. The second-order valence-electron chi connectivity index (χ2n) is 7.62. The zero-order valence-electron chi connectivity index (χ0n) is 16.8. The van der Waals surface area contributed by atoms with E-state index < -0.39 is 9.84 Å². The van der Waals surface area contributed by atoms with Gasteiger partial charge in [-0.25, -0.2) is 8.42 Å². The third-order valence-corrected chi connectivity index (χ3v) is 7.80. The first-order valence-corrected chi connectivity index (χ1v) is 12.9. The predicted molar refractivity (Wildman–Crippen MR) is 126 cm³/mol. The SMILES string of the molecule is CS(=O)(=O)[C@H]1CCN(CCOc2cc(Br)ccc2-c2cc(=O)c3cccc(Cl)c3o2)C1. The molecule has 0 spiro atoms. The standard InChI is InChI=1S/C22H21BrClNO5S/c1-31(27,28)15-7-8-25(13-15)9-10-29-20-11-14(23)5-6-17(20)21-12-19(26)16-3-2-4-18(24)22(16)30-21/h2-6,11-12,15H,7-10,13H2,1H3/t15-/m0/s1. The summed E-state index contributed by atoms with van der Waals surface area (Å²) in [6, 6.07) is 12.0. The molecule has 4 rings (SSSR count). The summed E-state index contributed by atoms with van der Waals surface area (Å²) in [5.41, 5.74) is 0.790. The maximum atomic E-state index is 12.6. The molecule has 0 amide bonds. The Kier molecular flexibility index (Phi) is 6.44. The molecule has 0 aliphatic carbocycles. The number of fused-ring (bicyclic) bond motifs is 1. The lowest BCUT2D eigenvalue weighted by atomic mass is 10.1. The van der Waals surface area contributed by atoms with Gasteiger partial charge in [-0.2, -0.15) is 0 Å². The van der Waals surface area contributed by atoms with Gasteiger partial charge in [-0.1, -0.05) is 33.6 Å². The molecule has 1 fully saturated rings. The molecule has 2 heterocycles.